The fourth-order valence-corrected chi connectivity index (χ4v) is 16.1. The normalized spacial score (nSPS) is 39.4. The van der Waals surface area contributed by atoms with E-state index in [1.807, 2.05) is 6.08 Å². The number of nitrogens with one attached hydrogen (secondary N) is 3. The number of carbonyl (C=O) groups excluding carboxylic acids is 3. The molecule has 14 unspecified atom stereocenters. The summed E-state index contributed by atoms with van der Waals surface area (Å²) in [6, 6.07) is -4.88. The number of hydrogen-bond acceptors (Lipinski definition) is 37. The number of allylic oxidation sites excluding steroid dienone is 1. The van der Waals surface area contributed by atoms with E-state index >= 15 is 0 Å². The summed E-state index contributed by atoms with van der Waals surface area (Å²) in [5, 5.41) is 233. The molecule has 7 aliphatic heterocycles. The van der Waals surface area contributed by atoms with Crippen LogP contribution in [-0.4, -0.2) is 393 Å². The maximum absolute atomic E-state index is 13.6. The van der Waals surface area contributed by atoms with Crippen LogP contribution in [0.2, 0.25) is 0 Å². The molecule has 3 amide bonds. The van der Waals surface area contributed by atoms with E-state index in [4.69, 9.17) is 66.3 Å². The molecule has 7 saturated heterocycles. The summed E-state index contributed by atoms with van der Waals surface area (Å²) in [6.07, 6.45) is -34.7. The molecule has 7 fully saturated rings. The van der Waals surface area contributed by atoms with Crippen molar-refractivity contribution in [3.63, 3.8) is 0 Å². The molecule has 7 heterocycles. The minimum atomic E-state index is -2.37. The molecule has 7 rings (SSSR count). The van der Waals surface area contributed by atoms with Gasteiger partial charge in [-0.1, -0.05) is 167 Å². The summed E-state index contributed by atoms with van der Waals surface area (Å²) >= 11 is 0. The van der Waals surface area contributed by atoms with Gasteiger partial charge < -0.3 is 184 Å². The highest BCUT2D eigenvalue weighted by Gasteiger charge is 2.60. The molecule has 0 aliphatic carbocycles. The van der Waals surface area contributed by atoms with Crippen molar-refractivity contribution in [2.75, 3.05) is 46.2 Å². The van der Waals surface area contributed by atoms with Gasteiger partial charge in [0.25, 0.3) is 0 Å². The number of unbranched alkanes of at least 4 members (excludes halogenated alkanes) is 23. The van der Waals surface area contributed by atoms with Crippen LogP contribution in [0.1, 0.15) is 202 Å². The van der Waals surface area contributed by atoms with Crippen LogP contribution in [-0.2, 0) is 80.7 Å². The molecular formula is C80H143N3O37. The molecule has 120 heavy (non-hydrogen) atoms. The maximum Gasteiger partial charge on any atom is 0.220 e. The SMILES string of the molecule is CCCCCCCCCCCCC/C=C/[C@@H](O)[C@H](CO[C@@H]1OC(CO)[C@@H](O[C@@H]2OC(CO)[C@H](O)[C@H](O[C@@H]3OC(CO)[C@@H](O)[C@H](O[C@@H]4OC(CO)[C@H](O)[C@H](O[C@@H]5OC(CO)[C@@H](O)[C@H](O[C@@H]6OC(CO)[C@H](O)[C@H](O)C6O[C@H]6OC(C)[C@@H](O)C(O)[C@@H]6O)C5NC(C)=O)C4O)C3NC(C)=O)C2O)[C@H](O)C1O)NC(=O)CCCCCCCCCCCCCCC. The summed E-state index contributed by atoms with van der Waals surface area (Å²) in [5.74, 6) is -2.19. The summed E-state index contributed by atoms with van der Waals surface area (Å²) in [4.78, 5) is 39.9. The van der Waals surface area contributed by atoms with Crippen LogP contribution in [0.3, 0.4) is 0 Å². The van der Waals surface area contributed by atoms with Crippen molar-refractivity contribution < 1.29 is 183 Å². The molecule has 0 saturated carbocycles. The zero-order valence-corrected chi connectivity index (χ0v) is 69.7. The van der Waals surface area contributed by atoms with Crippen molar-refractivity contribution in [1.29, 1.82) is 0 Å². The molecule has 0 radical (unpaired) electrons. The molecule has 0 aromatic heterocycles. The van der Waals surface area contributed by atoms with Crippen molar-refractivity contribution in [2.45, 2.75) is 429 Å². The number of amides is 3. The first kappa shape index (κ1) is 104. The third-order valence-corrected chi connectivity index (χ3v) is 23.3. The maximum atomic E-state index is 13.6. The first-order valence-electron chi connectivity index (χ1n) is 43.3. The third-order valence-electron chi connectivity index (χ3n) is 23.3. The number of carbonyl (C=O) groups is 3. The van der Waals surface area contributed by atoms with Gasteiger partial charge in [-0.3, -0.25) is 14.4 Å². The topological polar surface area (TPSA) is 621 Å². The standard InChI is InChI=1S/C80H143N3O37/c1-6-8-10-12-14-16-18-20-22-24-26-28-30-32-45(92)44(83-52(93)33-31-29-27-25-23-21-19-17-15-13-11-9-7-2)40-107-76-65(104)63(102)68(51(39-89)114-76)115-78-66(105)71(59(98)49(37-87)111-78)118-74-53(81-42(4)90)69(57(96)47(35-85)109-74)116-79-67(106)72(60(99)50(38-88)112-79)119-75-54(82-43(5)91)70(58(97)48(36-86)110-75)117-80-73(62(101)56(95)46(34-84)113-80)120-77-64(103)61(100)55(94)41(3)108-77/h30,32,41,44-51,53-80,84-89,92,94-106H,6-29,31,33-40H2,1-5H3,(H,81,90)(H,82,91)(H,83,93)/b32-30+/t41?,44-,45+,46?,47?,48?,49?,50?,51?,53?,54?,55+,56-,57+,58+,59-,60-,61?,62-,63+,64-,65?,66?,67?,68+,69+,70+,71-,72-,73?,74-,75-,76+,77+,78-,79-,80-/m0/s1. The fourth-order valence-electron chi connectivity index (χ4n) is 16.1. The van der Waals surface area contributed by atoms with E-state index in [2.05, 4.69) is 29.8 Å². The number of ether oxygens (including phenoxy) is 14. The third kappa shape index (κ3) is 29.7. The van der Waals surface area contributed by atoms with Crippen molar-refractivity contribution in [3.05, 3.63) is 12.2 Å². The van der Waals surface area contributed by atoms with Gasteiger partial charge in [0.05, 0.1) is 64.5 Å². The van der Waals surface area contributed by atoms with Gasteiger partial charge in [-0.2, -0.15) is 0 Å². The van der Waals surface area contributed by atoms with Crippen LogP contribution < -0.4 is 16.0 Å². The summed E-state index contributed by atoms with van der Waals surface area (Å²) in [6.45, 7) is 0.918. The number of hydrogen-bond donors (Lipinski definition) is 23. The van der Waals surface area contributed by atoms with Gasteiger partial charge in [0.1, 0.15) is 165 Å². The highest BCUT2D eigenvalue weighted by Crippen LogP contribution is 2.39. The minimum Gasteiger partial charge on any atom is -0.394 e. The monoisotopic (exact) mass is 1740 g/mol. The number of aliphatic hydroxyl groups excluding tert-OH is 20. The highest BCUT2D eigenvalue weighted by atomic mass is 16.8. The van der Waals surface area contributed by atoms with Gasteiger partial charge in [0.2, 0.25) is 17.7 Å². The van der Waals surface area contributed by atoms with E-state index in [9.17, 15) is 117 Å². The van der Waals surface area contributed by atoms with Crippen LogP contribution in [0, 0.1) is 0 Å². The zero-order chi connectivity index (χ0) is 87.9. The Labute approximate surface area is 700 Å². The summed E-state index contributed by atoms with van der Waals surface area (Å²) < 4.78 is 83.6. The van der Waals surface area contributed by atoms with Gasteiger partial charge >= 0.3 is 0 Å². The average Bonchev–Trinajstić information content (AvgIpc) is 0.765. The van der Waals surface area contributed by atoms with E-state index in [1.54, 1.807) is 6.08 Å². The lowest BCUT2D eigenvalue weighted by Gasteiger charge is -2.51. The summed E-state index contributed by atoms with van der Waals surface area (Å²) in [5.41, 5.74) is 0. The number of aliphatic hydroxyl groups is 20. The second kappa shape index (κ2) is 53.6. The van der Waals surface area contributed by atoms with E-state index in [1.165, 1.54) is 103 Å². The van der Waals surface area contributed by atoms with Gasteiger partial charge in [0.15, 0.2) is 44.0 Å². The minimum absolute atomic E-state index is 0.159. The van der Waals surface area contributed by atoms with Crippen LogP contribution in [0.25, 0.3) is 0 Å². The average molecular weight is 1740 g/mol. The second-order valence-corrected chi connectivity index (χ2v) is 32.7. The van der Waals surface area contributed by atoms with Crippen LogP contribution in [0.4, 0.5) is 0 Å². The molecule has 37 atom stereocenters. The fraction of sp³-hybridized carbons (Fsp3) is 0.938. The van der Waals surface area contributed by atoms with E-state index in [0.29, 0.717) is 12.8 Å². The van der Waals surface area contributed by atoms with E-state index < -0.39 is 285 Å². The van der Waals surface area contributed by atoms with Crippen molar-refractivity contribution in [2.24, 2.45) is 0 Å². The predicted molar refractivity (Wildman–Crippen MR) is 416 cm³/mol. The Bertz CT molecular complexity index is 2880. The quantitative estimate of drug-likeness (QED) is 0.0202. The lowest BCUT2D eigenvalue weighted by molar-refractivity contribution is -0.391. The molecule has 40 heteroatoms. The Morgan fingerprint density at radius 3 is 1.11 bits per heavy atom. The Balaban J connectivity index is 1.04. The Morgan fingerprint density at radius 2 is 0.675 bits per heavy atom. The first-order valence-corrected chi connectivity index (χ1v) is 43.3. The largest absolute Gasteiger partial charge is 0.394 e. The van der Waals surface area contributed by atoms with Gasteiger partial charge in [-0.15, -0.1) is 0 Å². The predicted octanol–water partition coefficient (Wildman–Crippen LogP) is -4.35. The van der Waals surface area contributed by atoms with E-state index in [0.717, 1.165) is 65.2 Å². The molecular weight excluding hydrogens is 1590 g/mol. The Hall–Kier alpha value is -3.21. The molecule has 7 aliphatic rings. The number of rotatable bonds is 52. The lowest BCUT2D eigenvalue weighted by atomic mass is 9.93. The van der Waals surface area contributed by atoms with Crippen molar-refractivity contribution >= 4 is 17.7 Å². The molecule has 0 aromatic carbocycles. The molecule has 0 bridgehead atoms. The highest BCUT2D eigenvalue weighted by molar-refractivity contribution is 5.76. The smallest absolute Gasteiger partial charge is 0.220 e. The molecule has 40 nitrogen and oxygen atoms in total. The second-order valence-electron chi connectivity index (χ2n) is 32.7. The van der Waals surface area contributed by atoms with Crippen LogP contribution in [0.5, 0.6) is 0 Å². The summed E-state index contributed by atoms with van der Waals surface area (Å²) in [7, 11) is 0. The first-order chi connectivity index (χ1) is 57.5. The Morgan fingerprint density at radius 1 is 0.342 bits per heavy atom. The van der Waals surface area contributed by atoms with Gasteiger partial charge in [-0.05, 0) is 26.2 Å². The van der Waals surface area contributed by atoms with Crippen molar-refractivity contribution in [1.82, 2.24) is 16.0 Å². The van der Waals surface area contributed by atoms with Gasteiger partial charge in [-0.25, -0.2) is 0 Å². The molecule has 23 N–H and O–H groups in total. The zero-order valence-electron chi connectivity index (χ0n) is 69.7. The van der Waals surface area contributed by atoms with Gasteiger partial charge in [0, 0.05) is 20.3 Å². The van der Waals surface area contributed by atoms with Crippen LogP contribution >= 0.6 is 0 Å². The Kier molecular flexibility index (Phi) is 46.3. The molecule has 0 aromatic rings. The molecule has 700 valence electrons. The lowest BCUT2D eigenvalue weighted by Crippen LogP contribution is -2.71. The molecule has 0 spiro atoms. The van der Waals surface area contributed by atoms with Crippen molar-refractivity contribution in [3.8, 4) is 0 Å². The van der Waals surface area contributed by atoms with E-state index in [-0.39, 0.29) is 12.3 Å². The van der Waals surface area contributed by atoms with Crippen LogP contribution in [0.15, 0.2) is 12.2 Å².